The van der Waals surface area contributed by atoms with Crippen molar-refractivity contribution in [2.24, 2.45) is 35.5 Å². The fourth-order valence-electron chi connectivity index (χ4n) is 8.87. The number of allylic oxidation sites excluding steroid dienone is 1. The van der Waals surface area contributed by atoms with Gasteiger partial charge in [0.1, 0.15) is 5.82 Å². The van der Waals surface area contributed by atoms with Gasteiger partial charge in [0.2, 0.25) is 0 Å². The fraction of sp³-hybridized carbons (Fsp3) is 0.765. The molecule has 0 bridgehead atoms. The summed E-state index contributed by atoms with van der Waals surface area (Å²) in [5, 5.41) is 0. The molecule has 0 aliphatic heterocycles. The maximum Gasteiger partial charge on any atom is 0.126 e. The van der Waals surface area contributed by atoms with E-state index in [4.69, 9.17) is 0 Å². The van der Waals surface area contributed by atoms with E-state index in [1.807, 2.05) is 6.07 Å². The Labute approximate surface area is 215 Å². The summed E-state index contributed by atoms with van der Waals surface area (Å²) in [6.07, 6.45) is 25.1. The minimum atomic E-state index is 0.0966. The van der Waals surface area contributed by atoms with Gasteiger partial charge >= 0.3 is 0 Å². The summed E-state index contributed by atoms with van der Waals surface area (Å²) in [5.74, 6) is 6.59. The van der Waals surface area contributed by atoms with Crippen LogP contribution in [0.1, 0.15) is 139 Å². The molecule has 0 nitrogen and oxygen atoms in total. The molecule has 5 rings (SSSR count). The van der Waals surface area contributed by atoms with Gasteiger partial charge in [0, 0.05) is 0 Å². The SMILES string of the molecule is C=CC1CCC(C2CCC(c3ccc(C4CCC(C5CCC(CC)CC5)CC4)c(F)c3)CC2)CC1. The Morgan fingerprint density at radius 3 is 1.66 bits per heavy atom. The first-order valence-electron chi connectivity index (χ1n) is 15.6. The van der Waals surface area contributed by atoms with Gasteiger partial charge in [-0.15, -0.1) is 6.58 Å². The third-order valence-corrected chi connectivity index (χ3v) is 11.4. The minimum Gasteiger partial charge on any atom is -0.207 e. The summed E-state index contributed by atoms with van der Waals surface area (Å²) >= 11 is 0. The van der Waals surface area contributed by atoms with Gasteiger partial charge in [0.15, 0.2) is 0 Å². The van der Waals surface area contributed by atoms with Crippen LogP contribution in [0.4, 0.5) is 4.39 Å². The van der Waals surface area contributed by atoms with Crippen molar-refractivity contribution in [3.05, 3.63) is 47.8 Å². The summed E-state index contributed by atoms with van der Waals surface area (Å²) in [4.78, 5) is 0. The molecule has 1 aromatic carbocycles. The van der Waals surface area contributed by atoms with Crippen LogP contribution in [0.25, 0.3) is 0 Å². The van der Waals surface area contributed by atoms with Crippen molar-refractivity contribution in [3.8, 4) is 0 Å². The molecule has 0 radical (unpaired) electrons. The Morgan fingerprint density at radius 2 is 1.17 bits per heavy atom. The smallest absolute Gasteiger partial charge is 0.126 e. The number of benzene rings is 1. The third-order valence-electron chi connectivity index (χ3n) is 11.4. The average Bonchev–Trinajstić information content (AvgIpc) is 2.93. The molecular weight excluding hydrogens is 427 g/mol. The van der Waals surface area contributed by atoms with E-state index in [9.17, 15) is 0 Å². The van der Waals surface area contributed by atoms with E-state index in [1.54, 1.807) is 0 Å². The zero-order chi connectivity index (χ0) is 24.2. The Kier molecular flexibility index (Phi) is 8.72. The first-order valence-corrected chi connectivity index (χ1v) is 15.6. The second-order valence-electron chi connectivity index (χ2n) is 13.1. The van der Waals surface area contributed by atoms with Crippen LogP contribution in [0.2, 0.25) is 0 Å². The standard InChI is InChI=1S/C34H51F/c1-3-24-5-9-26(10-6-24)28-13-15-30(16-14-28)32-21-22-33(34(35)23-32)31-19-17-29(18-20-31)27-11-7-25(4-2)8-12-27/h3,21-31H,1,4-20H2,2H3. The van der Waals surface area contributed by atoms with Crippen LogP contribution in [0, 0.1) is 41.3 Å². The number of hydrogen-bond acceptors (Lipinski definition) is 0. The van der Waals surface area contributed by atoms with Crippen molar-refractivity contribution >= 4 is 0 Å². The van der Waals surface area contributed by atoms with Gasteiger partial charge in [-0.05, 0) is 154 Å². The second kappa shape index (κ2) is 12.0. The zero-order valence-electron chi connectivity index (χ0n) is 22.5. The van der Waals surface area contributed by atoms with E-state index < -0.39 is 0 Å². The van der Waals surface area contributed by atoms with E-state index in [2.05, 4.69) is 31.7 Å². The van der Waals surface area contributed by atoms with Crippen LogP contribution in [0.15, 0.2) is 30.9 Å². The Hall–Kier alpha value is -1.11. The summed E-state index contributed by atoms with van der Waals surface area (Å²) in [5.41, 5.74) is 2.30. The van der Waals surface area contributed by atoms with Crippen molar-refractivity contribution in [3.63, 3.8) is 0 Å². The lowest BCUT2D eigenvalue weighted by Gasteiger charge is -2.38. The molecule has 4 aliphatic rings. The Balaban J connectivity index is 1.10. The van der Waals surface area contributed by atoms with Crippen molar-refractivity contribution in [2.75, 3.05) is 0 Å². The van der Waals surface area contributed by atoms with Crippen molar-refractivity contribution in [1.29, 1.82) is 0 Å². The second-order valence-corrected chi connectivity index (χ2v) is 13.1. The molecule has 0 atom stereocenters. The van der Waals surface area contributed by atoms with Crippen LogP contribution in [0.5, 0.6) is 0 Å². The van der Waals surface area contributed by atoms with Gasteiger partial charge in [0.05, 0.1) is 0 Å². The molecular formula is C34H51F. The molecule has 0 aromatic heterocycles. The predicted octanol–water partition coefficient (Wildman–Crippen LogP) is 10.6. The van der Waals surface area contributed by atoms with Gasteiger partial charge in [-0.2, -0.15) is 0 Å². The van der Waals surface area contributed by atoms with Gasteiger partial charge in [-0.3, -0.25) is 0 Å². The van der Waals surface area contributed by atoms with E-state index in [0.29, 0.717) is 11.8 Å². The van der Waals surface area contributed by atoms with Gasteiger partial charge in [-0.25, -0.2) is 4.39 Å². The van der Waals surface area contributed by atoms with E-state index >= 15 is 4.39 Å². The molecule has 4 saturated carbocycles. The highest BCUT2D eigenvalue weighted by molar-refractivity contribution is 5.30. The lowest BCUT2D eigenvalue weighted by molar-refractivity contribution is 0.158. The Morgan fingerprint density at radius 1 is 0.686 bits per heavy atom. The highest BCUT2D eigenvalue weighted by atomic mass is 19.1. The summed E-state index contributed by atoms with van der Waals surface area (Å²) in [6.45, 7) is 6.36. The van der Waals surface area contributed by atoms with Crippen LogP contribution < -0.4 is 0 Å². The molecule has 35 heavy (non-hydrogen) atoms. The summed E-state index contributed by atoms with van der Waals surface area (Å²) in [7, 11) is 0. The van der Waals surface area contributed by atoms with E-state index in [-0.39, 0.29) is 5.82 Å². The van der Waals surface area contributed by atoms with Crippen LogP contribution in [0.3, 0.4) is 0 Å². The van der Waals surface area contributed by atoms with E-state index in [0.717, 1.165) is 41.1 Å². The molecule has 0 unspecified atom stereocenters. The van der Waals surface area contributed by atoms with Crippen molar-refractivity contribution < 1.29 is 4.39 Å². The maximum absolute atomic E-state index is 15.4. The normalized spacial score (nSPS) is 38.7. The van der Waals surface area contributed by atoms with Crippen LogP contribution >= 0.6 is 0 Å². The quantitative estimate of drug-likeness (QED) is 0.357. The number of hydrogen-bond donors (Lipinski definition) is 0. The van der Waals surface area contributed by atoms with E-state index in [1.165, 1.54) is 115 Å². The molecule has 1 aromatic rings. The summed E-state index contributed by atoms with van der Waals surface area (Å²) in [6, 6.07) is 6.43. The van der Waals surface area contributed by atoms with Gasteiger partial charge in [0.25, 0.3) is 0 Å². The molecule has 0 saturated heterocycles. The lowest BCUT2D eigenvalue weighted by atomic mass is 9.67. The fourth-order valence-corrected chi connectivity index (χ4v) is 8.87. The van der Waals surface area contributed by atoms with Crippen LogP contribution in [-0.2, 0) is 0 Å². The largest absolute Gasteiger partial charge is 0.207 e. The van der Waals surface area contributed by atoms with Crippen molar-refractivity contribution in [2.45, 2.75) is 128 Å². The molecule has 1 heteroatoms. The number of halogens is 1. The predicted molar refractivity (Wildman–Crippen MR) is 147 cm³/mol. The van der Waals surface area contributed by atoms with Crippen LogP contribution in [-0.4, -0.2) is 0 Å². The topological polar surface area (TPSA) is 0 Å². The Bertz CT molecular complexity index is 794. The summed E-state index contributed by atoms with van der Waals surface area (Å²) < 4.78 is 15.4. The third kappa shape index (κ3) is 6.07. The van der Waals surface area contributed by atoms with Gasteiger partial charge < -0.3 is 0 Å². The zero-order valence-corrected chi connectivity index (χ0v) is 22.5. The first-order chi connectivity index (χ1) is 17.1. The lowest BCUT2D eigenvalue weighted by Crippen LogP contribution is -2.25. The highest BCUT2D eigenvalue weighted by Crippen LogP contribution is 2.46. The molecule has 0 amide bonds. The number of rotatable bonds is 6. The molecule has 194 valence electrons. The minimum absolute atomic E-state index is 0.0966. The molecule has 0 N–H and O–H groups in total. The van der Waals surface area contributed by atoms with Gasteiger partial charge in [-0.1, -0.05) is 44.4 Å². The average molecular weight is 479 g/mol. The van der Waals surface area contributed by atoms with Crippen molar-refractivity contribution in [1.82, 2.24) is 0 Å². The highest BCUT2D eigenvalue weighted by Gasteiger charge is 2.33. The monoisotopic (exact) mass is 478 g/mol. The molecule has 0 heterocycles. The molecule has 4 fully saturated rings. The first kappa shape index (κ1) is 25.5. The maximum atomic E-state index is 15.4. The molecule has 0 spiro atoms. The molecule has 4 aliphatic carbocycles.